The molecule has 0 amide bonds. The minimum atomic E-state index is -0.188. The predicted octanol–water partition coefficient (Wildman–Crippen LogP) is 2.13. The molecule has 0 N–H and O–H groups in total. The van der Waals surface area contributed by atoms with Gasteiger partial charge in [0.1, 0.15) is 5.60 Å². The maximum atomic E-state index is 11.2. The fourth-order valence-electron chi connectivity index (χ4n) is 2.60. The molecule has 2 atom stereocenters. The van der Waals surface area contributed by atoms with Crippen molar-refractivity contribution in [1.82, 2.24) is 0 Å². The Bertz CT molecular complexity index is 232. The van der Waals surface area contributed by atoms with Crippen LogP contribution in [0.15, 0.2) is 0 Å². The molecule has 0 radical (unpaired) electrons. The highest BCUT2D eigenvalue weighted by Gasteiger charge is 2.57. The molecule has 1 aliphatic carbocycles. The molecule has 0 aromatic carbocycles. The fraction of sp³-hybridized carbons (Fsp3) is 0.900. The maximum absolute atomic E-state index is 11.2. The third kappa shape index (κ3) is 0.782. The Kier molecular flexibility index (Phi) is 1.37. The van der Waals surface area contributed by atoms with Gasteiger partial charge in [0.25, 0.3) is 0 Å². The lowest BCUT2D eigenvalue weighted by Crippen LogP contribution is -2.48. The monoisotopic (exact) mass is 168 g/mol. The molecule has 1 saturated carbocycles. The largest absolute Gasteiger partial charge is 0.459 e. The molecule has 0 spiro atoms. The first-order valence-electron chi connectivity index (χ1n) is 4.67. The molecule has 2 heteroatoms. The van der Waals surface area contributed by atoms with Gasteiger partial charge in [0, 0.05) is 11.8 Å². The zero-order valence-electron chi connectivity index (χ0n) is 8.02. The summed E-state index contributed by atoms with van der Waals surface area (Å²) in [6.45, 7) is 6.51. The molecule has 1 heterocycles. The van der Waals surface area contributed by atoms with E-state index in [1.807, 2.05) is 0 Å². The molecule has 2 bridgehead atoms. The van der Waals surface area contributed by atoms with E-state index in [0.717, 1.165) is 12.8 Å². The van der Waals surface area contributed by atoms with Crippen LogP contribution in [-0.4, -0.2) is 11.6 Å². The minimum absolute atomic E-state index is 0.000625. The van der Waals surface area contributed by atoms with E-state index < -0.39 is 0 Å². The van der Waals surface area contributed by atoms with Crippen molar-refractivity contribution >= 4 is 5.97 Å². The Hall–Kier alpha value is -0.530. The van der Waals surface area contributed by atoms with Gasteiger partial charge in [-0.05, 0) is 25.7 Å². The summed E-state index contributed by atoms with van der Waals surface area (Å²) in [5.74, 6) is 0.545. The molecule has 1 saturated heterocycles. The summed E-state index contributed by atoms with van der Waals surface area (Å²) in [5.41, 5.74) is -0.00604. The standard InChI is InChI=1S/C10H16O2/c1-9(2)7-4-5-10(9,3)12-8(11)6-7/h7H,4-6H2,1-3H3/t7-,10+/m0/s1. The van der Waals surface area contributed by atoms with Crippen LogP contribution >= 0.6 is 0 Å². The van der Waals surface area contributed by atoms with Crippen molar-refractivity contribution < 1.29 is 9.53 Å². The van der Waals surface area contributed by atoms with Crippen LogP contribution in [0, 0.1) is 11.3 Å². The first kappa shape index (κ1) is 8.09. The van der Waals surface area contributed by atoms with Crippen molar-refractivity contribution in [2.24, 2.45) is 11.3 Å². The third-order valence-corrected chi connectivity index (χ3v) is 4.11. The molecule has 0 aromatic rings. The van der Waals surface area contributed by atoms with Crippen LogP contribution in [0.25, 0.3) is 0 Å². The van der Waals surface area contributed by atoms with Crippen LogP contribution < -0.4 is 0 Å². The maximum Gasteiger partial charge on any atom is 0.306 e. The number of esters is 1. The van der Waals surface area contributed by atoms with E-state index in [0.29, 0.717) is 12.3 Å². The molecule has 0 unspecified atom stereocenters. The average Bonchev–Trinajstić information content (AvgIpc) is 2.16. The molecule has 0 aromatic heterocycles. The number of rotatable bonds is 0. The van der Waals surface area contributed by atoms with Crippen LogP contribution in [0.3, 0.4) is 0 Å². The van der Waals surface area contributed by atoms with Gasteiger partial charge >= 0.3 is 5.97 Å². The summed E-state index contributed by atoms with van der Waals surface area (Å²) < 4.78 is 5.44. The Morgan fingerprint density at radius 1 is 1.42 bits per heavy atom. The number of ether oxygens (including phenoxy) is 1. The highest BCUT2D eigenvalue weighted by Crippen LogP contribution is 2.56. The molecule has 68 valence electrons. The van der Waals surface area contributed by atoms with Gasteiger partial charge in [0.05, 0.1) is 0 Å². The fourth-order valence-corrected chi connectivity index (χ4v) is 2.60. The van der Waals surface area contributed by atoms with Crippen LogP contribution in [0.1, 0.15) is 40.0 Å². The van der Waals surface area contributed by atoms with E-state index in [4.69, 9.17) is 4.74 Å². The summed E-state index contributed by atoms with van der Waals surface area (Å²) in [7, 11) is 0. The van der Waals surface area contributed by atoms with E-state index in [2.05, 4.69) is 20.8 Å². The Balaban J connectivity index is 2.37. The summed E-state index contributed by atoms with van der Waals surface area (Å²) in [5, 5.41) is 0. The quantitative estimate of drug-likeness (QED) is 0.518. The number of fused-ring (bicyclic) bond motifs is 2. The lowest BCUT2D eigenvalue weighted by Gasteiger charge is -2.44. The van der Waals surface area contributed by atoms with Gasteiger partial charge in [-0.2, -0.15) is 0 Å². The summed E-state index contributed by atoms with van der Waals surface area (Å²) in [4.78, 5) is 11.2. The van der Waals surface area contributed by atoms with Gasteiger partial charge in [0.2, 0.25) is 0 Å². The summed E-state index contributed by atoms with van der Waals surface area (Å²) in [6, 6.07) is 0. The molecule has 1 aliphatic heterocycles. The van der Waals surface area contributed by atoms with Crippen LogP contribution in [0.2, 0.25) is 0 Å². The summed E-state index contributed by atoms with van der Waals surface area (Å²) in [6.07, 6.45) is 2.81. The average molecular weight is 168 g/mol. The first-order valence-corrected chi connectivity index (χ1v) is 4.67. The lowest BCUT2D eigenvalue weighted by atomic mass is 9.70. The van der Waals surface area contributed by atoms with Crippen molar-refractivity contribution in [3.63, 3.8) is 0 Å². The van der Waals surface area contributed by atoms with E-state index >= 15 is 0 Å². The molecular formula is C10H16O2. The first-order chi connectivity index (χ1) is 5.46. The third-order valence-electron chi connectivity index (χ3n) is 4.11. The van der Waals surface area contributed by atoms with Crippen LogP contribution in [-0.2, 0) is 9.53 Å². The van der Waals surface area contributed by atoms with Crippen molar-refractivity contribution in [3.8, 4) is 0 Å². The Morgan fingerprint density at radius 3 is 2.67 bits per heavy atom. The van der Waals surface area contributed by atoms with Crippen molar-refractivity contribution in [3.05, 3.63) is 0 Å². The predicted molar refractivity (Wildman–Crippen MR) is 45.6 cm³/mol. The van der Waals surface area contributed by atoms with Gasteiger partial charge in [-0.1, -0.05) is 13.8 Å². The molecule has 2 fully saturated rings. The highest BCUT2D eigenvalue weighted by atomic mass is 16.6. The van der Waals surface area contributed by atoms with E-state index in [1.165, 1.54) is 0 Å². The topological polar surface area (TPSA) is 26.3 Å². The second-order valence-electron chi connectivity index (χ2n) is 4.87. The molecule has 2 rings (SSSR count). The second-order valence-corrected chi connectivity index (χ2v) is 4.87. The van der Waals surface area contributed by atoms with Crippen molar-refractivity contribution in [1.29, 1.82) is 0 Å². The highest BCUT2D eigenvalue weighted by molar-refractivity contribution is 5.72. The van der Waals surface area contributed by atoms with Crippen molar-refractivity contribution in [2.75, 3.05) is 0 Å². The molecule has 2 aliphatic rings. The van der Waals surface area contributed by atoms with Gasteiger partial charge in [-0.25, -0.2) is 0 Å². The zero-order valence-corrected chi connectivity index (χ0v) is 8.02. The van der Waals surface area contributed by atoms with E-state index in [-0.39, 0.29) is 17.0 Å². The number of carbonyl (C=O) groups excluding carboxylic acids is 1. The molecule has 12 heavy (non-hydrogen) atoms. The van der Waals surface area contributed by atoms with Gasteiger partial charge in [-0.3, -0.25) is 4.79 Å². The van der Waals surface area contributed by atoms with E-state index in [1.54, 1.807) is 0 Å². The molecule has 2 nitrogen and oxygen atoms in total. The van der Waals surface area contributed by atoms with Crippen LogP contribution in [0.5, 0.6) is 0 Å². The second kappa shape index (κ2) is 2.04. The Labute approximate surface area is 73.3 Å². The number of hydrogen-bond donors (Lipinski definition) is 0. The lowest BCUT2D eigenvalue weighted by molar-refractivity contribution is -0.182. The van der Waals surface area contributed by atoms with Gasteiger partial charge in [-0.15, -0.1) is 0 Å². The van der Waals surface area contributed by atoms with Gasteiger partial charge < -0.3 is 4.74 Å². The number of hydrogen-bond acceptors (Lipinski definition) is 2. The number of carbonyl (C=O) groups is 1. The minimum Gasteiger partial charge on any atom is -0.459 e. The normalized spacial score (nSPS) is 44.2. The SMILES string of the molecule is CC1(C)[C@H]2CC[C@@]1(C)OC(=O)C2. The molecular weight excluding hydrogens is 152 g/mol. The summed E-state index contributed by atoms with van der Waals surface area (Å²) >= 11 is 0. The smallest absolute Gasteiger partial charge is 0.306 e. The van der Waals surface area contributed by atoms with Gasteiger partial charge in [0.15, 0.2) is 0 Å². The van der Waals surface area contributed by atoms with Crippen LogP contribution in [0.4, 0.5) is 0 Å². The van der Waals surface area contributed by atoms with Crippen molar-refractivity contribution in [2.45, 2.75) is 45.6 Å². The zero-order chi connectivity index (χ0) is 8.98. The van der Waals surface area contributed by atoms with E-state index in [9.17, 15) is 4.79 Å². The Morgan fingerprint density at radius 2 is 2.08 bits per heavy atom.